The summed E-state index contributed by atoms with van der Waals surface area (Å²) in [7, 11) is 2.01. The highest BCUT2D eigenvalue weighted by Gasteiger charge is 2.19. The first kappa shape index (κ1) is 11.0. The summed E-state index contributed by atoms with van der Waals surface area (Å²) in [5.74, 6) is 0.775. The maximum atomic E-state index is 9.26. The molecule has 2 atom stereocenters. The molecule has 1 aliphatic heterocycles. The molecule has 3 heteroatoms. The van der Waals surface area contributed by atoms with Gasteiger partial charge in [0.15, 0.2) is 0 Å². The average Bonchev–Trinajstić information content (AvgIpc) is 2.04. The van der Waals surface area contributed by atoms with Crippen LogP contribution in [0.4, 0.5) is 0 Å². The number of piperidine rings is 1. The molecule has 1 fully saturated rings. The van der Waals surface area contributed by atoms with Crippen LogP contribution in [0.1, 0.15) is 19.8 Å². The van der Waals surface area contributed by atoms with E-state index in [1.54, 1.807) is 0 Å². The standard InChI is InChI=1S/C10H22N2O/c1-9(13)7-12-5-3-4-10(8-12)6-11-2/h9-11,13H,3-8H2,1-2H3. The molecule has 13 heavy (non-hydrogen) atoms. The van der Waals surface area contributed by atoms with E-state index in [-0.39, 0.29) is 6.10 Å². The molecular formula is C10H22N2O. The van der Waals surface area contributed by atoms with Gasteiger partial charge in [0.2, 0.25) is 0 Å². The zero-order chi connectivity index (χ0) is 9.68. The number of aliphatic hydroxyl groups excluding tert-OH is 1. The number of β-amino-alcohol motifs (C(OH)–C–C–N with tert-alkyl or cyclic N) is 1. The van der Waals surface area contributed by atoms with Crippen molar-refractivity contribution in [1.29, 1.82) is 0 Å². The van der Waals surface area contributed by atoms with Gasteiger partial charge < -0.3 is 15.3 Å². The van der Waals surface area contributed by atoms with E-state index in [2.05, 4.69) is 10.2 Å². The van der Waals surface area contributed by atoms with Crippen LogP contribution in [0.2, 0.25) is 0 Å². The molecule has 3 nitrogen and oxygen atoms in total. The van der Waals surface area contributed by atoms with Crippen molar-refractivity contribution in [2.75, 3.05) is 33.2 Å². The van der Waals surface area contributed by atoms with E-state index in [0.717, 1.165) is 32.1 Å². The van der Waals surface area contributed by atoms with Gasteiger partial charge in [0.25, 0.3) is 0 Å². The molecule has 2 unspecified atom stereocenters. The second kappa shape index (κ2) is 5.58. The molecule has 1 heterocycles. The average molecular weight is 186 g/mol. The van der Waals surface area contributed by atoms with Crippen LogP contribution in [0.5, 0.6) is 0 Å². The molecule has 2 N–H and O–H groups in total. The van der Waals surface area contributed by atoms with Gasteiger partial charge in [-0.25, -0.2) is 0 Å². The van der Waals surface area contributed by atoms with Crippen molar-refractivity contribution >= 4 is 0 Å². The van der Waals surface area contributed by atoms with Crippen LogP contribution in [0.15, 0.2) is 0 Å². The molecule has 0 bridgehead atoms. The summed E-state index contributed by atoms with van der Waals surface area (Å²) in [4.78, 5) is 2.37. The van der Waals surface area contributed by atoms with Gasteiger partial charge in [-0.15, -0.1) is 0 Å². The fourth-order valence-electron chi connectivity index (χ4n) is 2.15. The molecule has 1 aliphatic rings. The van der Waals surface area contributed by atoms with E-state index in [1.807, 2.05) is 14.0 Å². The quantitative estimate of drug-likeness (QED) is 0.663. The molecule has 0 saturated carbocycles. The number of hydrogen-bond donors (Lipinski definition) is 2. The number of hydrogen-bond acceptors (Lipinski definition) is 3. The molecule has 0 amide bonds. The Morgan fingerprint density at radius 1 is 1.62 bits per heavy atom. The van der Waals surface area contributed by atoms with Crippen LogP contribution in [-0.2, 0) is 0 Å². The predicted octanol–water partition coefficient (Wildman–Crippen LogP) is 0.299. The van der Waals surface area contributed by atoms with E-state index in [0.29, 0.717) is 0 Å². The van der Waals surface area contributed by atoms with Gasteiger partial charge in [-0.05, 0) is 45.8 Å². The Kier molecular flexibility index (Phi) is 4.70. The smallest absolute Gasteiger partial charge is 0.0639 e. The third-order valence-corrected chi connectivity index (χ3v) is 2.62. The molecule has 78 valence electrons. The zero-order valence-electron chi connectivity index (χ0n) is 8.79. The molecule has 1 saturated heterocycles. The molecule has 0 spiro atoms. The highest BCUT2D eigenvalue weighted by molar-refractivity contribution is 4.74. The minimum absolute atomic E-state index is 0.187. The number of aliphatic hydroxyl groups is 1. The van der Waals surface area contributed by atoms with Crippen LogP contribution < -0.4 is 5.32 Å². The third kappa shape index (κ3) is 4.07. The Bertz CT molecular complexity index is 137. The predicted molar refractivity (Wildman–Crippen MR) is 54.8 cm³/mol. The van der Waals surface area contributed by atoms with Crippen LogP contribution >= 0.6 is 0 Å². The second-order valence-corrected chi connectivity index (χ2v) is 4.17. The fourth-order valence-corrected chi connectivity index (χ4v) is 2.15. The first-order valence-corrected chi connectivity index (χ1v) is 5.27. The molecule has 0 aromatic carbocycles. The topological polar surface area (TPSA) is 35.5 Å². The first-order valence-electron chi connectivity index (χ1n) is 5.27. The fraction of sp³-hybridized carbons (Fsp3) is 1.00. The van der Waals surface area contributed by atoms with Crippen molar-refractivity contribution in [3.05, 3.63) is 0 Å². The maximum absolute atomic E-state index is 9.26. The van der Waals surface area contributed by atoms with Crippen molar-refractivity contribution in [2.24, 2.45) is 5.92 Å². The van der Waals surface area contributed by atoms with Crippen LogP contribution in [0.25, 0.3) is 0 Å². The summed E-state index contributed by atoms with van der Waals surface area (Å²) in [5.41, 5.74) is 0. The van der Waals surface area contributed by atoms with Crippen LogP contribution in [0, 0.1) is 5.92 Å². The van der Waals surface area contributed by atoms with Gasteiger partial charge in [0.1, 0.15) is 0 Å². The SMILES string of the molecule is CNCC1CCCN(CC(C)O)C1. The summed E-state index contributed by atoms with van der Waals surface area (Å²) in [5, 5.41) is 12.5. The highest BCUT2D eigenvalue weighted by atomic mass is 16.3. The normalized spacial score (nSPS) is 27.5. The number of likely N-dealkylation sites (tertiary alicyclic amines) is 1. The van der Waals surface area contributed by atoms with Gasteiger partial charge in [0.05, 0.1) is 6.10 Å². The second-order valence-electron chi connectivity index (χ2n) is 4.17. The first-order chi connectivity index (χ1) is 6.22. The van der Waals surface area contributed by atoms with Crippen molar-refractivity contribution in [2.45, 2.75) is 25.9 Å². The lowest BCUT2D eigenvalue weighted by molar-refractivity contribution is 0.0949. The van der Waals surface area contributed by atoms with E-state index < -0.39 is 0 Å². The van der Waals surface area contributed by atoms with Crippen LogP contribution in [-0.4, -0.2) is 49.3 Å². The lowest BCUT2D eigenvalue weighted by Gasteiger charge is -2.33. The Labute approximate surface area is 81.1 Å². The summed E-state index contributed by atoms with van der Waals surface area (Å²) in [6.07, 6.45) is 2.42. The maximum Gasteiger partial charge on any atom is 0.0639 e. The molecule has 0 aromatic heterocycles. The van der Waals surface area contributed by atoms with Crippen molar-refractivity contribution in [3.63, 3.8) is 0 Å². The highest BCUT2D eigenvalue weighted by Crippen LogP contribution is 2.15. The van der Waals surface area contributed by atoms with E-state index in [1.165, 1.54) is 12.8 Å². The van der Waals surface area contributed by atoms with E-state index in [9.17, 15) is 5.11 Å². The van der Waals surface area contributed by atoms with E-state index in [4.69, 9.17) is 0 Å². The van der Waals surface area contributed by atoms with Gasteiger partial charge in [-0.2, -0.15) is 0 Å². The lowest BCUT2D eigenvalue weighted by Crippen LogP contribution is -2.41. The van der Waals surface area contributed by atoms with Crippen molar-refractivity contribution in [3.8, 4) is 0 Å². The van der Waals surface area contributed by atoms with Gasteiger partial charge in [-0.3, -0.25) is 0 Å². The van der Waals surface area contributed by atoms with E-state index >= 15 is 0 Å². The van der Waals surface area contributed by atoms with Gasteiger partial charge in [-0.1, -0.05) is 0 Å². The summed E-state index contributed by atoms with van der Waals surface area (Å²) >= 11 is 0. The van der Waals surface area contributed by atoms with Crippen molar-refractivity contribution in [1.82, 2.24) is 10.2 Å². The molecule has 1 rings (SSSR count). The van der Waals surface area contributed by atoms with Crippen molar-refractivity contribution < 1.29 is 5.11 Å². The molecule has 0 radical (unpaired) electrons. The summed E-state index contributed by atoms with van der Waals surface area (Å²) < 4.78 is 0. The van der Waals surface area contributed by atoms with Gasteiger partial charge in [0, 0.05) is 13.1 Å². The molecule has 0 aromatic rings. The number of rotatable bonds is 4. The Morgan fingerprint density at radius 3 is 3.00 bits per heavy atom. The Hall–Kier alpha value is -0.120. The zero-order valence-corrected chi connectivity index (χ0v) is 8.79. The largest absolute Gasteiger partial charge is 0.392 e. The number of nitrogens with zero attached hydrogens (tertiary/aromatic N) is 1. The number of nitrogens with one attached hydrogen (secondary N) is 1. The Balaban J connectivity index is 2.24. The minimum Gasteiger partial charge on any atom is -0.392 e. The third-order valence-electron chi connectivity index (χ3n) is 2.62. The molecule has 0 aliphatic carbocycles. The molecular weight excluding hydrogens is 164 g/mol. The lowest BCUT2D eigenvalue weighted by atomic mass is 9.98. The monoisotopic (exact) mass is 186 g/mol. The summed E-state index contributed by atoms with van der Waals surface area (Å²) in [6, 6.07) is 0. The van der Waals surface area contributed by atoms with Gasteiger partial charge >= 0.3 is 0 Å². The Morgan fingerprint density at radius 2 is 2.38 bits per heavy atom. The summed E-state index contributed by atoms with van der Waals surface area (Å²) in [6.45, 7) is 6.11. The van der Waals surface area contributed by atoms with Crippen LogP contribution in [0.3, 0.4) is 0 Å². The minimum atomic E-state index is -0.187.